The van der Waals surface area contributed by atoms with Gasteiger partial charge in [-0.3, -0.25) is 20.3 Å². The van der Waals surface area contributed by atoms with Gasteiger partial charge < -0.3 is 45.2 Å². The fraction of sp³-hybridized carbons (Fsp3) is 0.933. The first-order valence-electron chi connectivity index (χ1n) is 16.7. The number of likely N-dealkylation sites (tertiary alicyclic amines) is 2. The van der Waals surface area contributed by atoms with Crippen molar-refractivity contribution in [2.45, 2.75) is 93.3 Å². The van der Waals surface area contributed by atoms with Gasteiger partial charge in [0.05, 0.1) is 24.7 Å². The standard InChI is InChI=1S/C30H53ClFN5O9/c31-21-12-34-29(35-13-21)36-6-3-18(4-7-36)5-8-45-30(44)46-22-2-1-20(23(32)10-22)9-26(41)37-15-19(16-37)11-33-14-24(39)27(42)28(43)25(40)17-38/h18-25,27-29,33-35,38-40,42-43H,1-17H2/t20?,21?,22?,23?,24-,25+,27+,28+,29?/m0/s1. The summed E-state index contributed by atoms with van der Waals surface area (Å²) in [6.07, 6.45) is -4.81. The van der Waals surface area contributed by atoms with Crippen LogP contribution in [0.4, 0.5) is 9.18 Å². The number of carbonyl (C=O) groups excluding carboxylic acids is 2. The second kappa shape index (κ2) is 18.4. The van der Waals surface area contributed by atoms with Crippen molar-refractivity contribution in [2.75, 3.05) is 65.6 Å². The molecular formula is C30H53ClFN5O9. The number of halogens is 2. The number of alkyl halides is 2. The lowest BCUT2D eigenvalue weighted by molar-refractivity contribution is -0.140. The Labute approximate surface area is 274 Å². The molecule has 8 N–H and O–H groups in total. The molecule has 3 heterocycles. The van der Waals surface area contributed by atoms with E-state index < -0.39 is 55.4 Å². The van der Waals surface area contributed by atoms with Gasteiger partial charge in [0.15, 0.2) is 0 Å². The van der Waals surface area contributed by atoms with Gasteiger partial charge in [-0.1, -0.05) is 0 Å². The maximum absolute atomic E-state index is 15.0. The van der Waals surface area contributed by atoms with Crippen LogP contribution in [-0.2, 0) is 14.3 Å². The average molecular weight is 682 g/mol. The molecule has 46 heavy (non-hydrogen) atoms. The number of nitrogens with zero attached hydrogens (tertiary/aromatic N) is 2. The molecule has 4 fully saturated rings. The third kappa shape index (κ3) is 11.1. The summed E-state index contributed by atoms with van der Waals surface area (Å²) in [5.41, 5.74) is 0. The monoisotopic (exact) mass is 681 g/mol. The van der Waals surface area contributed by atoms with Crippen LogP contribution in [0.25, 0.3) is 0 Å². The van der Waals surface area contributed by atoms with Crippen molar-refractivity contribution in [1.82, 2.24) is 25.8 Å². The van der Waals surface area contributed by atoms with Crippen LogP contribution >= 0.6 is 11.6 Å². The van der Waals surface area contributed by atoms with E-state index in [9.17, 15) is 34.4 Å². The topological polar surface area (TPSA) is 196 Å². The minimum Gasteiger partial charge on any atom is -0.434 e. The van der Waals surface area contributed by atoms with Crippen LogP contribution in [0.5, 0.6) is 0 Å². The Morgan fingerprint density at radius 2 is 1.65 bits per heavy atom. The van der Waals surface area contributed by atoms with E-state index in [2.05, 4.69) is 20.9 Å². The summed E-state index contributed by atoms with van der Waals surface area (Å²) in [6.45, 7) is 4.39. The van der Waals surface area contributed by atoms with Crippen molar-refractivity contribution in [1.29, 1.82) is 0 Å². The number of ether oxygens (including phenoxy) is 2. The third-order valence-corrected chi connectivity index (χ3v) is 10.1. The second-order valence-electron chi connectivity index (χ2n) is 13.3. The van der Waals surface area contributed by atoms with Gasteiger partial charge in [-0.2, -0.15) is 0 Å². The van der Waals surface area contributed by atoms with E-state index in [1.807, 2.05) is 0 Å². The van der Waals surface area contributed by atoms with Crippen LogP contribution in [0.1, 0.15) is 44.9 Å². The van der Waals surface area contributed by atoms with Crippen molar-refractivity contribution in [3.8, 4) is 0 Å². The first-order chi connectivity index (χ1) is 22.0. The molecule has 4 aliphatic rings. The first kappa shape index (κ1) is 37.4. The summed E-state index contributed by atoms with van der Waals surface area (Å²) in [6, 6.07) is 0. The van der Waals surface area contributed by atoms with Crippen LogP contribution in [0.3, 0.4) is 0 Å². The first-order valence-corrected chi connectivity index (χ1v) is 17.1. The van der Waals surface area contributed by atoms with Gasteiger partial charge in [0, 0.05) is 71.1 Å². The molecule has 0 aromatic carbocycles. The maximum Gasteiger partial charge on any atom is 0.508 e. The predicted molar refractivity (Wildman–Crippen MR) is 165 cm³/mol. The molecular weight excluding hydrogens is 629 g/mol. The number of piperidine rings is 1. The Bertz CT molecular complexity index is 940. The molecule has 7 atom stereocenters. The van der Waals surface area contributed by atoms with E-state index >= 15 is 0 Å². The number of aliphatic hydroxyl groups is 5. The van der Waals surface area contributed by atoms with E-state index in [1.54, 1.807) is 4.90 Å². The molecule has 16 heteroatoms. The number of hydrogen-bond acceptors (Lipinski definition) is 13. The molecule has 3 unspecified atom stereocenters. The SMILES string of the molecule is O=C(OCCC1CCN(C2NCC(Cl)CN2)CC1)OC1CCC(CC(=O)N2CC(CNC[C@H](O)[C@@H](O)[C@H](O)[C@H](O)CO)C2)C(F)C1. The molecule has 3 aliphatic heterocycles. The van der Waals surface area contributed by atoms with Crippen LogP contribution in [0.15, 0.2) is 0 Å². The Hall–Kier alpha value is -1.40. The zero-order valence-corrected chi connectivity index (χ0v) is 27.1. The Morgan fingerprint density at radius 1 is 0.978 bits per heavy atom. The van der Waals surface area contributed by atoms with Gasteiger partial charge in [0.1, 0.15) is 36.9 Å². The van der Waals surface area contributed by atoms with E-state index in [1.165, 1.54) is 0 Å². The smallest absolute Gasteiger partial charge is 0.434 e. The number of nitrogens with one attached hydrogen (secondary N) is 3. The predicted octanol–water partition coefficient (Wildman–Crippen LogP) is -1.29. The average Bonchev–Trinajstić information content (AvgIpc) is 3.02. The summed E-state index contributed by atoms with van der Waals surface area (Å²) >= 11 is 6.13. The fourth-order valence-electron chi connectivity index (χ4n) is 6.71. The lowest BCUT2D eigenvalue weighted by Gasteiger charge is -2.41. The summed E-state index contributed by atoms with van der Waals surface area (Å²) in [7, 11) is 0. The van der Waals surface area contributed by atoms with E-state index in [4.69, 9.17) is 26.2 Å². The molecule has 1 amide bonds. The quantitative estimate of drug-likeness (QED) is 0.0752. The highest BCUT2D eigenvalue weighted by atomic mass is 35.5. The van der Waals surface area contributed by atoms with Gasteiger partial charge in [0.2, 0.25) is 5.91 Å². The molecule has 0 spiro atoms. The Kier molecular flexibility index (Phi) is 15.0. The molecule has 3 saturated heterocycles. The largest absolute Gasteiger partial charge is 0.508 e. The van der Waals surface area contributed by atoms with E-state index in [0.29, 0.717) is 38.4 Å². The lowest BCUT2D eigenvalue weighted by atomic mass is 9.83. The molecule has 0 bridgehead atoms. The van der Waals surface area contributed by atoms with Crippen molar-refractivity contribution in [3.63, 3.8) is 0 Å². The number of amides is 1. The van der Waals surface area contributed by atoms with Crippen LogP contribution in [0.2, 0.25) is 0 Å². The van der Waals surface area contributed by atoms with Crippen molar-refractivity contribution < 1.29 is 49.0 Å². The number of carbonyl (C=O) groups is 2. The highest BCUT2D eigenvalue weighted by molar-refractivity contribution is 6.21. The molecule has 1 aliphatic carbocycles. The van der Waals surface area contributed by atoms with E-state index in [0.717, 1.165) is 45.4 Å². The lowest BCUT2D eigenvalue weighted by Crippen LogP contribution is -2.62. The zero-order valence-electron chi connectivity index (χ0n) is 26.4. The Morgan fingerprint density at radius 3 is 2.30 bits per heavy atom. The molecule has 0 aromatic rings. The van der Waals surface area contributed by atoms with Gasteiger partial charge >= 0.3 is 6.16 Å². The fourth-order valence-corrected chi connectivity index (χ4v) is 6.89. The van der Waals surface area contributed by atoms with Crippen LogP contribution < -0.4 is 16.0 Å². The van der Waals surface area contributed by atoms with Crippen LogP contribution in [0, 0.1) is 17.8 Å². The molecule has 266 valence electrons. The highest BCUT2D eigenvalue weighted by Gasteiger charge is 2.38. The minimum atomic E-state index is -1.68. The summed E-state index contributed by atoms with van der Waals surface area (Å²) < 4.78 is 25.7. The molecule has 4 rings (SSSR count). The van der Waals surface area contributed by atoms with Gasteiger partial charge in [-0.25, -0.2) is 9.18 Å². The maximum atomic E-state index is 15.0. The summed E-state index contributed by atoms with van der Waals surface area (Å²) in [5, 5.41) is 57.7. The second-order valence-corrected chi connectivity index (χ2v) is 14.0. The van der Waals surface area contributed by atoms with Crippen LogP contribution in [-0.4, -0.2) is 161 Å². The number of hydrogen-bond donors (Lipinski definition) is 8. The number of rotatable bonds is 15. The molecule has 1 saturated carbocycles. The van der Waals surface area contributed by atoms with Crippen molar-refractivity contribution in [2.24, 2.45) is 17.8 Å². The molecule has 14 nitrogen and oxygen atoms in total. The highest BCUT2D eigenvalue weighted by Crippen LogP contribution is 2.33. The van der Waals surface area contributed by atoms with Gasteiger partial charge in [-0.05, 0) is 43.9 Å². The Balaban J connectivity index is 1.02. The third-order valence-electron chi connectivity index (χ3n) is 9.81. The zero-order chi connectivity index (χ0) is 33.2. The molecule has 0 radical (unpaired) electrons. The summed E-state index contributed by atoms with van der Waals surface area (Å²) in [4.78, 5) is 29.0. The summed E-state index contributed by atoms with van der Waals surface area (Å²) in [5.74, 6) is 0.0377. The molecule has 0 aromatic heterocycles. The van der Waals surface area contributed by atoms with E-state index in [-0.39, 0.29) is 49.5 Å². The van der Waals surface area contributed by atoms with Crippen molar-refractivity contribution in [3.05, 3.63) is 0 Å². The van der Waals surface area contributed by atoms with Gasteiger partial charge in [0.25, 0.3) is 0 Å². The number of aliphatic hydroxyl groups excluding tert-OH is 5. The van der Waals surface area contributed by atoms with Crippen molar-refractivity contribution >= 4 is 23.7 Å². The normalized spacial score (nSPS) is 31.0. The minimum absolute atomic E-state index is 0.0456. The van der Waals surface area contributed by atoms with Gasteiger partial charge in [-0.15, -0.1) is 11.6 Å².